The number of hydrogen-bond donors (Lipinski definition) is 0. The molecule has 2 aromatic heterocycles. The van der Waals surface area contributed by atoms with Gasteiger partial charge in [-0.1, -0.05) is 6.92 Å². The summed E-state index contributed by atoms with van der Waals surface area (Å²) in [5.74, 6) is -0.133. The second kappa shape index (κ2) is 9.26. The normalized spacial score (nSPS) is 19.2. The molecule has 1 aromatic carbocycles. The second-order valence-corrected chi connectivity index (χ2v) is 12.4. The van der Waals surface area contributed by atoms with Gasteiger partial charge in [0.25, 0.3) is 0 Å². The Morgan fingerprint density at radius 2 is 1.97 bits per heavy atom. The Kier molecular flexibility index (Phi) is 6.66. The quantitative estimate of drug-likeness (QED) is 0.503. The lowest BCUT2D eigenvalue weighted by Crippen LogP contribution is -2.44. The SMILES string of the molecule is CC1CN(C(=O)OC(C)(C)C)CCC1c1cnc(Cn2ccc3cc(S(C)(=O)=O)ccc32)c(F)c1. The van der Waals surface area contributed by atoms with E-state index in [2.05, 4.69) is 11.9 Å². The topological polar surface area (TPSA) is 81.5 Å². The number of carbonyl (C=O) groups is 1. The summed E-state index contributed by atoms with van der Waals surface area (Å²) in [6, 6.07) is 8.29. The summed E-state index contributed by atoms with van der Waals surface area (Å²) >= 11 is 0. The highest BCUT2D eigenvalue weighted by Crippen LogP contribution is 2.34. The minimum absolute atomic E-state index is 0.103. The maximum Gasteiger partial charge on any atom is 0.410 e. The van der Waals surface area contributed by atoms with Crippen LogP contribution in [0.4, 0.5) is 9.18 Å². The lowest BCUT2D eigenvalue weighted by Gasteiger charge is -2.37. The second-order valence-electron chi connectivity index (χ2n) is 10.4. The highest BCUT2D eigenvalue weighted by molar-refractivity contribution is 7.90. The molecule has 1 aliphatic heterocycles. The lowest BCUT2D eigenvalue weighted by atomic mass is 9.82. The van der Waals surface area contributed by atoms with E-state index in [1.54, 1.807) is 41.6 Å². The number of amides is 1. The number of pyridine rings is 1. The van der Waals surface area contributed by atoms with Gasteiger partial charge in [-0.25, -0.2) is 17.6 Å². The maximum atomic E-state index is 15.1. The summed E-state index contributed by atoms with van der Waals surface area (Å²) in [5.41, 5.74) is 1.42. The fourth-order valence-corrected chi connectivity index (χ4v) is 5.30. The third-order valence-electron chi connectivity index (χ3n) is 6.41. The van der Waals surface area contributed by atoms with Crippen LogP contribution in [0, 0.1) is 11.7 Å². The molecule has 0 aliphatic carbocycles. The molecule has 1 fully saturated rings. The number of benzene rings is 1. The average molecular weight is 502 g/mol. The van der Waals surface area contributed by atoms with Gasteiger partial charge in [0.05, 0.1) is 17.1 Å². The van der Waals surface area contributed by atoms with Gasteiger partial charge >= 0.3 is 6.09 Å². The van der Waals surface area contributed by atoms with Crippen LogP contribution < -0.4 is 0 Å². The number of hydrogen-bond acceptors (Lipinski definition) is 5. The molecule has 0 N–H and O–H groups in total. The van der Waals surface area contributed by atoms with Gasteiger partial charge in [0.15, 0.2) is 9.84 Å². The molecule has 3 aromatic rings. The summed E-state index contributed by atoms with van der Waals surface area (Å²) in [6.45, 7) is 8.94. The van der Waals surface area contributed by atoms with Gasteiger partial charge in [0.1, 0.15) is 11.4 Å². The maximum absolute atomic E-state index is 15.1. The molecule has 0 spiro atoms. The molecular weight excluding hydrogens is 469 g/mol. The molecule has 1 saturated heterocycles. The van der Waals surface area contributed by atoms with Crippen molar-refractivity contribution in [3.8, 4) is 0 Å². The van der Waals surface area contributed by atoms with Crippen molar-refractivity contribution in [3.05, 3.63) is 59.8 Å². The van der Waals surface area contributed by atoms with E-state index in [4.69, 9.17) is 4.74 Å². The van der Waals surface area contributed by atoms with Crippen molar-refractivity contribution in [1.29, 1.82) is 0 Å². The molecule has 35 heavy (non-hydrogen) atoms. The number of nitrogens with zero attached hydrogens (tertiary/aromatic N) is 3. The highest BCUT2D eigenvalue weighted by Gasteiger charge is 2.32. The molecule has 7 nitrogen and oxygen atoms in total. The van der Waals surface area contributed by atoms with E-state index in [9.17, 15) is 13.2 Å². The van der Waals surface area contributed by atoms with Crippen LogP contribution in [0.15, 0.2) is 47.6 Å². The summed E-state index contributed by atoms with van der Waals surface area (Å²) < 4.78 is 46.1. The summed E-state index contributed by atoms with van der Waals surface area (Å²) in [6.07, 6.45) is 5.11. The minimum Gasteiger partial charge on any atom is -0.444 e. The van der Waals surface area contributed by atoms with E-state index < -0.39 is 15.4 Å². The number of sulfone groups is 1. The molecular formula is C26H32FN3O4S. The number of ether oxygens (including phenoxy) is 1. The average Bonchev–Trinajstić information content (AvgIpc) is 3.15. The van der Waals surface area contributed by atoms with Gasteiger partial charge < -0.3 is 14.2 Å². The Hall–Kier alpha value is -2.94. The molecule has 3 heterocycles. The first-order valence-electron chi connectivity index (χ1n) is 11.7. The van der Waals surface area contributed by atoms with Crippen molar-refractivity contribution < 1.29 is 22.3 Å². The number of aromatic nitrogens is 2. The number of fused-ring (bicyclic) bond motifs is 1. The number of carbonyl (C=O) groups excluding carboxylic acids is 1. The zero-order valence-electron chi connectivity index (χ0n) is 20.8. The van der Waals surface area contributed by atoms with E-state index >= 15 is 4.39 Å². The van der Waals surface area contributed by atoms with Crippen LogP contribution in [-0.2, 0) is 21.1 Å². The first kappa shape index (κ1) is 25.2. The molecule has 4 rings (SSSR count). The minimum atomic E-state index is -3.30. The number of piperidine rings is 1. The summed E-state index contributed by atoms with van der Waals surface area (Å²) in [5, 5.41) is 0.774. The Morgan fingerprint density at radius 3 is 2.60 bits per heavy atom. The van der Waals surface area contributed by atoms with Crippen LogP contribution in [-0.4, -0.2) is 53.9 Å². The molecule has 9 heteroatoms. The Morgan fingerprint density at radius 1 is 1.23 bits per heavy atom. The predicted molar refractivity (Wildman–Crippen MR) is 133 cm³/mol. The molecule has 0 radical (unpaired) electrons. The largest absolute Gasteiger partial charge is 0.444 e. The first-order chi connectivity index (χ1) is 16.3. The molecule has 2 atom stereocenters. The van der Waals surface area contributed by atoms with Gasteiger partial charge in [-0.3, -0.25) is 4.98 Å². The predicted octanol–water partition coefficient (Wildman–Crippen LogP) is 4.99. The van der Waals surface area contributed by atoms with Gasteiger partial charge in [-0.15, -0.1) is 0 Å². The number of halogens is 1. The van der Waals surface area contributed by atoms with E-state index in [1.165, 1.54) is 6.26 Å². The molecule has 188 valence electrons. The van der Waals surface area contributed by atoms with Crippen molar-refractivity contribution in [3.63, 3.8) is 0 Å². The molecule has 1 amide bonds. The van der Waals surface area contributed by atoms with Crippen LogP contribution in [0.1, 0.15) is 51.3 Å². The fraction of sp³-hybridized carbons (Fsp3) is 0.462. The lowest BCUT2D eigenvalue weighted by molar-refractivity contribution is 0.0155. The van der Waals surface area contributed by atoms with Gasteiger partial charge in [-0.05, 0) is 74.9 Å². The summed E-state index contributed by atoms with van der Waals surface area (Å²) in [4.78, 5) is 18.8. The van der Waals surface area contributed by atoms with Crippen molar-refractivity contribution in [2.24, 2.45) is 5.92 Å². The van der Waals surface area contributed by atoms with E-state index in [0.717, 1.165) is 16.5 Å². The van der Waals surface area contributed by atoms with Gasteiger partial charge in [0, 0.05) is 42.6 Å². The van der Waals surface area contributed by atoms with Crippen LogP contribution >= 0.6 is 0 Å². The third-order valence-corrected chi connectivity index (χ3v) is 7.52. The van der Waals surface area contributed by atoms with Crippen LogP contribution in [0.5, 0.6) is 0 Å². The fourth-order valence-electron chi connectivity index (χ4n) is 4.64. The van der Waals surface area contributed by atoms with Crippen molar-refractivity contribution in [1.82, 2.24) is 14.5 Å². The molecule has 0 saturated carbocycles. The van der Waals surface area contributed by atoms with E-state index in [1.807, 2.05) is 31.4 Å². The third kappa shape index (κ3) is 5.66. The first-order valence-corrected chi connectivity index (χ1v) is 13.6. The zero-order chi connectivity index (χ0) is 25.5. The standard InChI is InChI=1S/C26H32FN3O4S/c1-17-15-30(25(31)34-26(2,3)4)11-9-21(17)19-13-22(27)23(28-14-19)16-29-10-8-18-12-20(35(5,32)33)6-7-24(18)29/h6-8,10,12-14,17,21H,9,11,15-16H2,1-5H3. The number of rotatable bonds is 4. The Labute approximate surface area is 205 Å². The van der Waals surface area contributed by atoms with Gasteiger partial charge in [-0.2, -0.15) is 0 Å². The monoisotopic (exact) mass is 501 g/mol. The van der Waals surface area contributed by atoms with E-state index in [0.29, 0.717) is 25.2 Å². The van der Waals surface area contributed by atoms with Crippen LogP contribution in [0.3, 0.4) is 0 Å². The molecule has 2 unspecified atom stereocenters. The van der Waals surface area contributed by atoms with Crippen LogP contribution in [0.25, 0.3) is 10.9 Å². The Bertz CT molecular complexity index is 1360. The van der Waals surface area contributed by atoms with Crippen molar-refractivity contribution >= 4 is 26.8 Å². The highest BCUT2D eigenvalue weighted by atomic mass is 32.2. The Balaban J connectivity index is 1.47. The molecule has 0 bridgehead atoms. The van der Waals surface area contributed by atoms with Gasteiger partial charge in [0.2, 0.25) is 0 Å². The van der Waals surface area contributed by atoms with E-state index in [-0.39, 0.29) is 35.2 Å². The molecule has 1 aliphatic rings. The smallest absolute Gasteiger partial charge is 0.410 e. The number of likely N-dealkylation sites (tertiary alicyclic amines) is 1. The van der Waals surface area contributed by atoms with Crippen molar-refractivity contribution in [2.75, 3.05) is 19.3 Å². The zero-order valence-corrected chi connectivity index (χ0v) is 21.6. The van der Waals surface area contributed by atoms with Crippen LogP contribution in [0.2, 0.25) is 0 Å². The summed E-state index contributed by atoms with van der Waals surface area (Å²) in [7, 11) is -3.30. The van der Waals surface area contributed by atoms with Crippen molar-refractivity contribution in [2.45, 2.75) is 57.1 Å².